The topological polar surface area (TPSA) is 69.6 Å². The highest BCUT2D eigenvalue weighted by molar-refractivity contribution is 5.86. The molecule has 0 saturated carbocycles. The molecule has 0 radical (unpaired) electrons. The van der Waals surface area contributed by atoms with Crippen molar-refractivity contribution >= 4 is 12.0 Å². The van der Waals surface area contributed by atoms with Gasteiger partial charge < -0.3 is 15.3 Å². The zero-order valence-corrected chi connectivity index (χ0v) is 10.7. The number of urea groups is 1. The number of amides is 2. The molecule has 0 fully saturated rings. The standard InChI is InChI=1S/C11H22N2O3/c1-6-11(7-2,9(14)15)12-10(16)13(5)8(3)4/h8H,6-7H2,1-5H3,(H,12,16)(H,14,15). The quantitative estimate of drug-likeness (QED) is 0.755. The molecule has 0 rings (SSSR count). The van der Waals surface area contributed by atoms with Crippen LogP contribution in [-0.4, -0.2) is 40.6 Å². The van der Waals surface area contributed by atoms with Gasteiger partial charge in [-0.25, -0.2) is 9.59 Å². The van der Waals surface area contributed by atoms with Crippen molar-refractivity contribution in [3.8, 4) is 0 Å². The molecule has 0 aromatic heterocycles. The first kappa shape index (κ1) is 14.7. The van der Waals surface area contributed by atoms with Crippen molar-refractivity contribution in [3.05, 3.63) is 0 Å². The van der Waals surface area contributed by atoms with Crippen LogP contribution in [0.25, 0.3) is 0 Å². The summed E-state index contributed by atoms with van der Waals surface area (Å²) in [6, 6.07) is -0.304. The van der Waals surface area contributed by atoms with E-state index in [-0.39, 0.29) is 12.1 Å². The summed E-state index contributed by atoms with van der Waals surface area (Å²) < 4.78 is 0. The van der Waals surface area contributed by atoms with Gasteiger partial charge in [0.2, 0.25) is 0 Å². The molecule has 0 bridgehead atoms. The number of hydrogen-bond acceptors (Lipinski definition) is 2. The fourth-order valence-corrected chi connectivity index (χ4v) is 1.31. The Morgan fingerprint density at radius 3 is 2.00 bits per heavy atom. The largest absolute Gasteiger partial charge is 0.480 e. The molecule has 16 heavy (non-hydrogen) atoms. The first-order valence-corrected chi connectivity index (χ1v) is 5.59. The van der Waals surface area contributed by atoms with Gasteiger partial charge in [0.25, 0.3) is 0 Å². The average molecular weight is 230 g/mol. The van der Waals surface area contributed by atoms with E-state index in [1.807, 2.05) is 13.8 Å². The Morgan fingerprint density at radius 2 is 1.75 bits per heavy atom. The van der Waals surface area contributed by atoms with Crippen molar-refractivity contribution < 1.29 is 14.7 Å². The average Bonchev–Trinajstić information content (AvgIpc) is 2.23. The minimum Gasteiger partial charge on any atom is -0.480 e. The van der Waals surface area contributed by atoms with Crippen LogP contribution in [0.1, 0.15) is 40.5 Å². The van der Waals surface area contributed by atoms with E-state index in [2.05, 4.69) is 5.32 Å². The van der Waals surface area contributed by atoms with Crippen LogP contribution in [0.5, 0.6) is 0 Å². The zero-order valence-electron chi connectivity index (χ0n) is 10.7. The fourth-order valence-electron chi connectivity index (χ4n) is 1.31. The Hall–Kier alpha value is -1.26. The van der Waals surface area contributed by atoms with E-state index in [0.717, 1.165) is 0 Å². The third kappa shape index (κ3) is 3.12. The maximum absolute atomic E-state index is 11.8. The van der Waals surface area contributed by atoms with Gasteiger partial charge in [0.1, 0.15) is 5.54 Å². The molecule has 0 heterocycles. The summed E-state index contributed by atoms with van der Waals surface area (Å²) in [4.78, 5) is 24.4. The predicted octanol–water partition coefficient (Wildman–Crippen LogP) is 1.68. The monoisotopic (exact) mass is 230 g/mol. The number of carbonyl (C=O) groups is 2. The molecule has 94 valence electrons. The highest BCUT2D eigenvalue weighted by atomic mass is 16.4. The normalized spacial score (nSPS) is 11.4. The summed E-state index contributed by atoms with van der Waals surface area (Å²) in [5.41, 5.74) is -1.15. The van der Waals surface area contributed by atoms with Crippen molar-refractivity contribution in [2.75, 3.05) is 7.05 Å². The molecule has 2 amide bonds. The van der Waals surface area contributed by atoms with Gasteiger partial charge in [-0.15, -0.1) is 0 Å². The van der Waals surface area contributed by atoms with E-state index in [0.29, 0.717) is 12.8 Å². The Kier molecular flexibility index (Phi) is 5.27. The summed E-state index contributed by atoms with van der Waals surface area (Å²) in [5, 5.41) is 11.8. The molecule has 0 aliphatic heterocycles. The second kappa shape index (κ2) is 5.72. The second-order valence-electron chi connectivity index (χ2n) is 4.23. The van der Waals surface area contributed by atoms with Gasteiger partial charge in [-0.1, -0.05) is 13.8 Å². The lowest BCUT2D eigenvalue weighted by Gasteiger charge is -2.31. The van der Waals surface area contributed by atoms with Crippen LogP contribution in [0.3, 0.4) is 0 Å². The summed E-state index contributed by atoms with van der Waals surface area (Å²) in [5.74, 6) is -0.983. The molecule has 0 aromatic carbocycles. The van der Waals surface area contributed by atoms with Crippen LogP contribution in [0.15, 0.2) is 0 Å². The van der Waals surface area contributed by atoms with E-state index in [1.54, 1.807) is 20.9 Å². The van der Waals surface area contributed by atoms with Crippen molar-refractivity contribution in [2.24, 2.45) is 0 Å². The van der Waals surface area contributed by atoms with Crippen LogP contribution in [0.2, 0.25) is 0 Å². The van der Waals surface area contributed by atoms with E-state index in [9.17, 15) is 9.59 Å². The molecule has 0 aliphatic carbocycles. The van der Waals surface area contributed by atoms with Crippen molar-refractivity contribution in [1.29, 1.82) is 0 Å². The van der Waals surface area contributed by atoms with Crippen molar-refractivity contribution in [3.63, 3.8) is 0 Å². The number of aliphatic carboxylic acids is 1. The van der Waals surface area contributed by atoms with Gasteiger partial charge in [-0.2, -0.15) is 0 Å². The van der Waals surface area contributed by atoms with Crippen LogP contribution in [-0.2, 0) is 4.79 Å². The van der Waals surface area contributed by atoms with E-state index < -0.39 is 11.5 Å². The molecule has 0 saturated heterocycles. The van der Waals surface area contributed by atoms with Gasteiger partial charge in [-0.05, 0) is 26.7 Å². The van der Waals surface area contributed by atoms with Crippen LogP contribution in [0, 0.1) is 0 Å². The van der Waals surface area contributed by atoms with E-state index in [4.69, 9.17) is 5.11 Å². The third-order valence-corrected chi connectivity index (χ3v) is 3.06. The maximum Gasteiger partial charge on any atom is 0.329 e. The molecule has 0 aliphatic rings. The second-order valence-corrected chi connectivity index (χ2v) is 4.23. The zero-order chi connectivity index (χ0) is 12.9. The summed E-state index contributed by atoms with van der Waals surface area (Å²) in [6.07, 6.45) is 0.743. The van der Waals surface area contributed by atoms with Crippen molar-refractivity contribution in [2.45, 2.75) is 52.1 Å². The van der Waals surface area contributed by atoms with Gasteiger partial charge in [0.15, 0.2) is 0 Å². The summed E-state index contributed by atoms with van der Waals surface area (Å²) in [7, 11) is 1.65. The maximum atomic E-state index is 11.8. The molecular formula is C11H22N2O3. The Bertz CT molecular complexity index is 260. The highest BCUT2D eigenvalue weighted by Crippen LogP contribution is 2.16. The predicted molar refractivity (Wildman–Crippen MR) is 62.4 cm³/mol. The minimum absolute atomic E-state index is 0.0419. The van der Waals surface area contributed by atoms with Gasteiger partial charge in [0.05, 0.1) is 0 Å². The smallest absolute Gasteiger partial charge is 0.329 e. The van der Waals surface area contributed by atoms with Gasteiger partial charge in [0, 0.05) is 13.1 Å². The Labute approximate surface area is 96.8 Å². The molecular weight excluding hydrogens is 208 g/mol. The molecule has 5 heteroatoms. The number of nitrogens with zero attached hydrogens (tertiary/aromatic N) is 1. The van der Waals surface area contributed by atoms with Crippen LogP contribution < -0.4 is 5.32 Å². The molecule has 0 spiro atoms. The highest BCUT2D eigenvalue weighted by Gasteiger charge is 2.37. The van der Waals surface area contributed by atoms with Crippen LogP contribution >= 0.6 is 0 Å². The molecule has 5 nitrogen and oxygen atoms in total. The molecule has 0 unspecified atom stereocenters. The Morgan fingerprint density at radius 1 is 1.31 bits per heavy atom. The summed E-state index contributed by atoms with van der Waals surface area (Å²) >= 11 is 0. The Balaban J connectivity index is 4.77. The third-order valence-electron chi connectivity index (χ3n) is 3.06. The summed E-state index contributed by atoms with van der Waals surface area (Å²) in [6.45, 7) is 7.26. The lowest BCUT2D eigenvalue weighted by molar-refractivity contribution is -0.144. The first-order valence-electron chi connectivity index (χ1n) is 5.59. The number of rotatable bonds is 5. The van der Waals surface area contributed by atoms with E-state index >= 15 is 0 Å². The number of nitrogens with one attached hydrogen (secondary N) is 1. The van der Waals surface area contributed by atoms with Crippen molar-refractivity contribution in [1.82, 2.24) is 10.2 Å². The van der Waals surface area contributed by atoms with Gasteiger partial charge in [-0.3, -0.25) is 0 Å². The lowest BCUT2D eigenvalue weighted by atomic mass is 9.93. The number of hydrogen-bond donors (Lipinski definition) is 2. The number of carboxylic acid groups (broad SMARTS) is 1. The fraction of sp³-hybridized carbons (Fsp3) is 0.818. The number of carbonyl (C=O) groups excluding carboxylic acids is 1. The van der Waals surface area contributed by atoms with Gasteiger partial charge >= 0.3 is 12.0 Å². The molecule has 0 aromatic rings. The molecule has 0 atom stereocenters. The molecule has 2 N–H and O–H groups in total. The lowest BCUT2D eigenvalue weighted by Crippen LogP contribution is -2.57. The van der Waals surface area contributed by atoms with Crippen LogP contribution in [0.4, 0.5) is 4.79 Å². The van der Waals surface area contributed by atoms with E-state index in [1.165, 1.54) is 4.90 Å². The first-order chi connectivity index (χ1) is 7.30. The minimum atomic E-state index is -1.15. The number of carboxylic acids is 1. The SMILES string of the molecule is CCC(CC)(NC(=O)N(C)C(C)C)C(=O)O.